The molecule has 0 aliphatic rings. The average Bonchev–Trinajstić information content (AvgIpc) is 2.45. The van der Waals surface area contributed by atoms with Gasteiger partial charge in [0.15, 0.2) is 0 Å². The highest BCUT2D eigenvalue weighted by atomic mass is 35.5. The van der Waals surface area contributed by atoms with E-state index in [1.54, 1.807) is 12.1 Å². The summed E-state index contributed by atoms with van der Waals surface area (Å²) in [5, 5.41) is 11.7. The summed E-state index contributed by atoms with van der Waals surface area (Å²) in [6.07, 6.45) is 0. The van der Waals surface area contributed by atoms with E-state index >= 15 is 0 Å². The zero-order chi connectivity index (χ0) is 18.1. The quantitative estimate of drug-likeness (QED) is 0.364. The van der Waals surface area contributed by atoms with Crippen molar-refractivity contribution in [3.05, 3.63) is 57.6 Å². The van der Waals surface area contributed by atoms with E-state index in [2.05, 4.69) is 33.9 Å². The van der Waals surface area contributed by atoms with Crippen LogP contribution in [0.25, 0.3) is 11.1 Å². The molecule has 24 heavy (non-hydrogen) atoms. The van der Waals surface area contributed by atoms with Crippen molar-refractivity contribution in [1.29, 1.82) is 0 Å². The normalized spacial score (nSPS) is 12.1. The van der Waals surface area contributed by atoms with Crippen molar-refractivity contribution in [3.8, 4) is 16.9 Å². The zero-order valence-electron chi connectivity index (χ0n) is 14.6. The Hall–Kier alpha value is -1.85. The lowest BCUT2D eigenvalue weighted by molar-refractivity contribution is -0.384. The molecular formula is C18H22ClNO3Si. The lowest BCUT2D eigenvalue weighted by Gasteiger charge is -2.36. The SMILES string of the molecule is CC(C)(C)[Si](C)(C)Oc1cccc(-c2ccc(Cl)cc2[N+](=O)[O-])c1. The van der Waals surface area contributed by atoms with Crippen molar-refractivity contribution < 1.29 is 9.35 Å². The molecule has 0 atom stereocenters. The highest BCUT2D eigenvalue weighted by Crippen LogP contribution is 2.39. The molecule has 128 valence electrons. The molecular weight excluding hydrogens is 342 g/mol. The van der Waals surface area contributed by atoms with Crippen molar-refractivity contribution in [1.82, 2.24) is 0 Å². The van der Waals surface area contributed by atoms with Gasteiger partial charge in [-0.2, -0.15) is 0 Å². The van der Waals surface area contributed by atoms with Gasteiger partial charge in [0.1, 0.15) is 5.75 Å². The number of halogens is 1. The fraction of sp³-hybridized carbons (Fsp3) is 0.333. The van der Waals surface area contributed by atoms with Crippen LogP contribution in [0.5, 0.6) is 5.75 Å². The minimum absolute atomic E-state index is 0.00743. The lowest BCUT2D eigenvalue weighted by atomic mass is 10.0. The Labute approximate surface area is 148 Å². The van der Waals surface area contributed by atoms with E-state index in [9.17, 15) is 10.1 Å². The Kier molecular flexibility index (Phi) is 5.06. The van der Waals surface area contributed by atoms with Gasteiger partial charge in [0.05, 0.1) is 10.5 Å². The van der Waals surface area contributed by atoms with Crippen LogP contribution in [0.3, 0.4) is 0 Å². The van der Waals surface area contributed by atoms with E-state index < -0.39 is 13.2 Å². The Morgan fingerprint density at radius 3 is 2.38 bits per heavy atom. The Bertz CT molecular complexity index is 769. The smallest absolute Gasteiger partial charge is 0.278 e. The highest BCUT2D eigenvalue weighted by Gasteiger charge is 2.39. The first-order chi connectivity index (χ1) is 11.0. The third-order valence-electron chi connectivity index (χ3n) is 4.48. The number of nitro benzene ring substituents is 1. The van der Waals surface area contributed by atoms with Crippen LogP contribution < -0.4 is 4.43 Å². The fourth-order valence-corrected chi connectivity index (χ4v) is 3.26. The predicted molar refractivity (Wildman–Crippen MR) is 101 cm³/mol. The first-order valence-electron chi connectivity index (χ1n) is 7.75. The summed E-state index contributed by atoms with van der Waals surface area (Å²) in [5.41, 5.74) is 1.27. The summed E-state index contributed by atoms with van der Waals surface area (Å²) in [6.45, 7) is 10.9. The molecule has 0 saturated heterocycles. The largest absolute Gasteiger partial charge is 0.543 e. The maximum atomic E-state index is 11.3. The Morgan fingerprint density at radius 2 is 1.79 bits per heavy atom. The Morgan fingerprint density at radius 1 is 1.12 bits per heavy atom. The minimum atomic E-state index is -1.97. The van der Waals surface area contributed by atoms with Crippen molar-refractivity contribution >= 4 is 25.6 Å². The number of hydrogen-bond acceptors (Lipinski definition) is 3. The van der Waals surface area contributed by atoms with E-state index in [1.165, 1.54) is 6.07 Å². The van der Waals surface area contributed by atoms with Crippen LogP contribution in [-0.2, 0) is 0 Å². The summed E-state index contributed by atoms with van der Waals surface area (Å²) >= 11 is 5.89. The molecule has 0 amide bonds. The second-order valence-electron chi connectivity index (χ2n) is 7.31. The number of hydrogen-bond donors (Lipinski definition) is 0. The van der Waals surface area contributed by atoms with Crippen LogP contribution in [0, 0.1) is 10.1 Å². The van der Waals surface area contributed by atoms with Crippen LogP contribution in [0.15, 0.2) is 42.5 Å². The van der Waals surface area contributed by atoms with Gasteiger partial charge in [0.25, 0.3) is 5.69 Å². The van der Waals surface area contributed by atoms with Gasteiger partial charge in [0.2, 0.25) is 8.32 Å². The summed E-state index contributed by atoms with van der Waals surface area (Å²) in [4.78, 5) is 10.9. The third-order valence-corrected chi connectivity index (χ3v) is 9.07. The maximum absolute atomic E-state index is 11.3. The first kappa shape index (κ1) is 18.5. The highest BCUT2D eigenvalue weighted by molar-refractivity contribution is 6.74. The van der Waals surface area contributed by atoms with E-state index in [4.69, 9.17) is 16.0 Å². The van der Waals surface area contributed by atoms with Crippen LogP contribution in [0.1, 0.15) is 20.8 Å². The zero-order valence-corrected chi connectivity index (χ0v) is 16.3. The molecule has 0 unspecified atom stereocenters. The van der Waals surface area contributed by atoms with Gasteiger partial charge in [-0.25, -0.2) is 0 Å². The fourth-order valence-electron chi connectivity index (χ4n) is 2.07. The Balaban J connectivity index is 2.44. The average molecular weight is 364 g/mol. The molecule has 0 aliphatic heterocycles. The molecule has 0 spiro atoms. The predicted octanol–water partition coefficient (Wildman–Crippen LogP) is 6.30. The van der Waals surface area contributed by atoms with E-state index in [0.29, 0.717) is 10.6 Å². The molecule has 4 nitrogen and oxygen atoms in total. The van der Waals surface area contributed by atoms with Crippen molar-refractivity contribution in [2.75, 3.05) is 0 Å². The van der Waals surface area contributed by atoms with E-state index in [0.717, 1.165) is 11.3 Å². The van der Waals surface area contributed by atoms with Crippen LogP contribution in [0.4, 0.5) is 5.69 Å². The second-order valence-corrected chi connectivity index (χ2v) is 12.5. The molecule has 0 bridgehead atoms. The maximum Gasteiger partial charge on any atom is 0.278 e. The van der Waals surface area contributed by atoms with Gasteiger partial charge < -0.3 is 4.43 Å². The molecule has 6 heteroatoms. The molecule has 0 heterocycles. The standard InChI is InChI=1S/C18H22ClNO3Si/c1-18(2,3)24(4,5)23-15-8-6-7-13(11-15)16-10-9-14(19)12-17(16)20(21)22/h6-12H,1-5H3. The summed E-state index contributed by atoms with van der Waals surface area (Å²) < 4.78 is 6.30. The number of benzene rings is 2. The summed E-state index contributed by atoms with van der Waals surface area (Å²) in [6, 6.07) is 12.2. The molecule has 2 aromatic carbocycles. The molecule has 0 radical (unpaired) electrons. The second kappa shape index (κ2) is 6.57. The number of rotatable bonds is 4. The van der Waals surface area contributed by atoms with Crippen molar-refractivity contribution in [2.24, 2.45) is 0 Å². The van der Waals surface area contributed by atoms with Crippen LogP contribution in [0.2, 0.25) is 23.2 Å². The molecule has 0 aromatic heterocycles. The number of nitro groups is 1. The van der Waals surface area contributed by atoms with Gasteiger partial charge in [-0.05, 0) is 48.0 Å². The first-order valence-corrected chi connectivity index (χ1v) is 11.0. The van der Waals surface area contributed by atoms with Gasteiger partial charge >= 0.3 is 0 Å². The van der Waals surface area contributed by atoms with E-state index in [-0.39, 0.29) is 10.7 Å². The van der Waals surface area contributed by atoms with Crippen LogP contribution in [-0.4, -0.2) is 13.2 Å². The summed E-state index contributed by atoms with van der Waals surface area (Å²) in [7, 11) is -1.97. The van der Waals surface area contributed by atoms with Crippen molar-refractivity contribution in [3.63, 3.8) is 0 Å². The third kappa shape index (κ3) is 3.97. The van der Waals surface area contributed by atoms with Gasteiger partial charge in [-0.1, -0.05) is 44.5 Å². The van der Waals surface area contributed by atoms with Gasteiger partial charge in [-0.3, -0.25) is 10.1 Å². The topological polar surface area (TPSA) is 52.4 Å². The van der Waals surface area contributed by atoms with Crippen molar-refractivity contribution in [2.45, 2.75) is 38.9 Å². The van der Waals surface area contributed by atoms with Crippen LogP contribution >= 0.6 is 11.6 Å². The van der Waals surface area contributed by atoms with Gasteiger partial charge in [0, 0.05) is 11.1 Å². The molecule has 0 fully saturated rings. The molecule has 2 aromatic rings. The van der Waals surface area contributed by atoms with Gasteiger partial charge in [-0.15, -0.1) is 0 Å². The molecule has 2 rings (SSSR count). The molecule has 0 saturated carbocycles. The lowest BCUT2D eigenvalue weighted by Crippen LogP contribution is -2.43. The molecule has 0 aliphatic carbocycles. The summed E-state index contributed by atoms with van der Waals surface area (Å²) in [5.74, 6) is 0.739. The van der Waals surface area contributed by atoms with E-state index in [1.807, 2.05) is 24.3 Å². The molecule has 0 N–H and O–H groups in total. The minimum Gasteiger partial charge on any atom is -0.543 e. The number of nitrogens with zero attached hydrogens (tertiary/aromatic N) is 1. The monoisotopic (exact) mass is 363 g/mol.